The Balaban J connectivity index is 1.79. The summed E-state index contributed by atoms with van der Waals surface area (Å²) in [4.78, 5) is 46.4. The number of ether oxygens (including phenoxy) is 1. The van der Waals surface area contributed by atoms with E-state index in [9.17, 15) is 19.2 Å². The third-order valence-corrected chi connectivity index (χ3v) is 4.34. The molecule has 1 aliphatic heterocycles. The fraction of sp³-hybridized carbons (Fsp3) is 0.444. The Kier molecular flexibility index (Phi) is 5.97. The van der Waals surface area contributed by atoms with Gasteiger partial charge in [-0.1, -0.05) is 0 Å². The summed E-state index contributed by atoms with van der Waals surface area (Å²) < 4.78 is 5.14. The smallest absolute Gasteiger partial charge is 0.306 e. The van der Waals surface area contributed by atoms with E-state index in [0.717, 1.165) is 0 Å². The van der Waals surface area contributed by atoms with Crippen molar-refractivity contribution in [2.45, 2.75) is 51.2 Å². The molecule has 0 spiro atoms. The van der Waals surface area contributed by atoms with Crippen LogP contribution in [-0.2, 0) is 19.1 Å². The van der Waals surface area contributed by atoms with Crippen molar-refractivity contribution in [1.29, 1.82) is 0 Å². The van der Waals surface area contributed by atoms with Crippen LogP contribution in [-0.4, -0.2) is 35.3 Å². The van der Waals surface area contributed by atoms with Gasteiger partial charge >= 0.3 is 5.97 Å². The van der Waals surface area contributed by atoms with Gasteiger partial charge in [-0.05, 0) is 51.0 Å². The molecule has 8 nitrogen and oxygen atoms in total. The molecule has 1 saturated heterocycles. The number of rotatable bonds is 7. The number of carbonyl (C=O) groups excluding carboxylic acids is 4. The molecule has 1 heterocycles. The zero-order valence-electron chi connectivity index (χ0n) is 14.8. The maximum absolute atomic E-state index is 12.1. The second-order valence-electron chi connectivity index (χ2n) is 6.67. The summed E-state index contributed by atoms with van der Waals surface area (Å²) in [7, 11) is 0. The number of primary amides is 1. The number of benzene rings is 1. The summed E-state index contributed by atoms with van der Waals surface area (Å²) >= 11 is 0. The van der Waals surface area contributed by atoms with Crippen LogP contribution < -0.4 is 16.4 Å². The molecule has 0 saturated carbocycles. The lowest BCUT2D eigenvalue weighted by atomic mass is 9.94. The minimum atomic E-state index is -0.968. The van der Waals surface area contributed by atoms with Crippen molar-refractivity contribution < 1.29 is 23.9 Å². The Labute approximate surface area is 151 Å². The van der Waals surface area contributed by atoms with Gasteiger partial charge in [0.05, 0.1) is 0 Å². The van der Waals surface area contributed by atoms with E-state index in [2.05, 4.69) is 10.6 Å². The molecule has 26 heavy (non-hydrogen) atoms. The third kappa shape index (κ3) is 5.30. The van der Waals surface area contributed by atoms with Gasteiger partial charge in [0.15, 0.2) is 6.10 Å². The molecule has 0 unspecified atom stereocenters. The molecule has 140 valence electrons. The van der Waals surface area contributed by atoms with Gasteiger partial charge in [-0.2, -0.15) is 0 Å². The summed E-state index contributed by atoms with van der Waals surface area (Å²) in [6.07, 6.45) is 0.738. The molecule has 0 aliphatic carbocycles. The zero-order valence-corrected chi connectivity index (χ0v) is 14.8. The van der Waals surface area contributed by atoms with E-state index in [-0.39, 0.29) is 12.3 Å². The lowest BCUT2D eigenvalue weighted by Crippen LogP contribution is -2.39. The van der Waals surface area contributed by atoms with Gasteiger partial charge in [-0.25, -0.2) is 0 Å². The van der Waals surface area contributed by atoms with Crippen LogP contribution >= 0.6 is 0 Å². The molecule has 1 aromatic rings. The molecule has 1 fully saturated rings. The van der Waals surface area contributed by atoms with Crippen LogP contribution in [0.25, 0.3) is 0 Å². The highest BCUT2D eigenvalue weighted by atomic mass is 16.5. The van der Waals surface area contributed by atoms with E-state index in [0.29, 0.717) is 30.5 Å². The molecular formula is C18H23N3O5. The zero-order chi connectivity index (χ0) is 19.3. The van der Waals surface area contributed by atoms with E-state index >= 15 is 0 Å². The van der Waals surface area contributed by atoms with Crippen molar-refractivity contribution in [3.63, 3.8) is 0 Å². The van der Waals surface area contributed by atoms with Crippen LogP contribution in [0.3, 0.4) is 0 Å². The quantitative estimate of drug-likeness (QED) is 0.627. The van der Waals surface area contributed by atoms with Crippen LogP contribution in [0, 0.1) is 0 Å². The van der Waals surface area contributed by atoms with Gasteiger partial charge in [-0.3, -0.25) is 19.2 Å². The molecule has 0 radical (unpaired) electrons. The average molecular weight is 361 g/mol. The van der Waals surface area contributed by atoms with Crippen molar-refractivity contribution in [3.8, 4) is 0 Å². The first-order chi connectivity index (χ1) is 12.2. The number of hydrogen-bond acceptors (Lipinski definition) is 5. The van der Waals surface area contributed by atoms with Gasteiger partial charge in [0.25, 0.3) is 5.91 Å². The van der Waals surface area contributed by atoms with Crippen LogP contribution in [0.2, 0.25) is 0 Å². The van der Waals surface area contributed by atoms with E-state index in [4.69, 9.17) is 10.5 Å². The van der Waals surface area contributed by atoms with Crippen molar-refractivity contribution in [3.05, 3.63) is 29.8 Å². The number of esters is 1. The SMILES string of the molecule is C[C@H](OC(=O)CC[C@]1(C)CCC(=O)N1)C(=O)Nc1ccc(C(N)=O)cc1. The van der Waals surface area contributed by atoms with Crippen LogP contribution in [0.1, 0.15) is 49.9 Å². The van der Waals surface area contributed by atoms with E-state index in [1.165, 1.54) is 31.2 Å². The molecule has 1 aliphatic rings. The predicted molar refractivity (Wildman–Crippen MR) is 94.2 cm³/mol. The van der Waals surface area contributed by atoms with E-state index in [1.807, 2.05) is 6.92 Å². The van der Waals surface area contributed by atoms with Crippen LogP contribution in [0.5, 0.6) is 0 Å². The summed E-state index contributed by atoms with van der Waals surface area (Å²) in [5, 5.41) is 5.45. The minimum Gasteiger partial charge on any atom is -0.453 e. The van der Waals surface area contributed by atoms with Gasteiger partial charge in [0.1, 0.15) is 0 Å². The van der Waals surface area contributed by atoms with Gasteiger partial charge in [0, 0.05) is 29.6 Å². The normalized spacial score (nSPS) is 20.2. The summed E-state index contributed by atoms with van der Waals surface area (Å²) in [6, 6.07) is 6.06. The largest absolute Gasteiger partial charge is 0.453 e. The van der Waals surface area contributed by atoms with Crippen molar-refractivity contribution in [2.24, 2.45) is 5.73 Å². The van der Waals surface area contributed by atoms with Crippen molar-refractivity contribution >= 4 is 29.4 Å². The maximum atomic E-state index is 12.1. The van der Waals surface area contributed by atoms with E-state index < -0.39 is 29.4 Å². The van der Waals surface area contributed by atoms with Crippen LogP contribution in [0.15, 0.2) is 24.3 Å². The number of nitrogens with two attached hydrogens (primary N) is 1. The highest BCUT2D eigenvalue weighted by molar-refractivity contribution is 5.96. The molecule has 8 heteroatoms. The standard InChI is InChI=1S/C18H23N3O5/c1-11(17(25)20-13-5-3-12(4-6-13)16(19)24)26-15(23)8-10-18(2)9-7-14(22)21-18/h3-6,11H,7-10H2,1-2H3,(H2,19,24)(H,20,25)(H,21,22)/t11-,18-/m0/s1. The van der Waals surface area contributed by atoms with Crippen LogP contribution in [0.4, 0.5) is 5.69 Å². The molecule has 2 atom stereocenters. The van der Waals surface area contributed by atoms with Crippen molar-refractivity contribution in [1.82, 2.24) is 5.32 Å². The predicted octanol–water partition coefficient (Wildman–Crippen LogP) is 1.10. The van der Waals surface area contributed by atoms with Gasteiger partial charge < -0.3 is 21.1 Å². The minimum absolute atomic E-state index is 0.0176. The Hall–Kier alpha value is -2.90. The van der Waals surface area contributed by atoms with Gasteiger partial charge in [-0.15, -0.1) is 0 Å². The summed E-state index contributed by atoms with van der Waals surface area (Å²) in [5.74, 6) is -1.56. The van der Waals surface area contributed by atoms with Gasteiger partial charge in [0.2, 0.25) is 11.8 Å². The first-order valence-electron chi connectivity index (χ1n) is 8.40. The van der Waals surface area contributed by atoms with Crippen molar-refractivity contribution in [2.75, 3.05) is 5.32 Å². The fourth-order valence-electron chi connectivity index (χ4n) is 2.69. The number of amides is 3. The highest BCUT2D eigenvalue weighted by Gasteiger charge is 2.33. The fourth-order valence-corrected chi connectivity index (χ4v) is 2.69. The molecule has 4 N–H and O–H groups in total. The Morgan fingerprint density at radius 2 is 1.96 bits per heavy atom. The Morgan fingerprint density at radius 1 is 1.31 bits per heavy atom. The Bertz CT molecular complexity index is 716. The molecule has 0 bridgehead atoms. The lowest BCUT2D eigenvalue weighted by Gasteiger charge is -2.23. The highest BCUT2D eigenvalue weighted by Crippen LogP contribution is 2.24. The number of hydrogen-bond donors (Lipinski definition) is 3. The topological polar surface area (TPSA) is 128 Å². The number of carbonyl (C=O) groups is 4. The molecule has 2 rings (SSSR count). The molecule has 3 amide bonds. The molecular weight excluding hydrogens is 338 g/mol. The lowest BCUT2D eigenvalue weighted by molar-refractivity contribution is -0.153. The Morgan fingerprint density at radius 3 is 2.50 bits per heavy atom. The second-order valence-corrected chi connectivity index (χ2v) is 6.67. The summed E-state index contributed by atoms with van der Waals surface area (Å²) in [6.45, 7) is 3.36. The second kappa shape index (κ2) is 7.99. The number of anilines is 1. The maximum Gasteiger partial charge on any atom is 0.306 e. The average Bonchev–Trinajstić information content (AvgIpc) is 2.93. The number of nitrogens with one attached hydrogen (secondary N) is 2. The van der Waals surface area contributed by atoms with E-state index in [1.54, 1.807) is 0 Å². The summed E-state index contributed by atoms with van der Waals surface area (Å²) in [5.41, 5.74) is 5.54. The third-order valence-electron chi connectivity index (χ3n) is 4.34. The first kappa shape index (κ1) is 19.4. The molecule has 0 aromatic heterocycles. The first-order valence-corrected chi connectivity index (χ1v) is 8.40. The monoisotopic (exact) mass is 361 g/mol. The molecule has 1 aromatic carbocycles.